The van der Waals surface area contributed by atoms with Crippen LogP contribution < -0.4 is 0 Å². The van der Waals surface area contributed by atoms with Crippen molar-refractivity contribution >= 4 is 11.2 Å². The molecule has 0 aromatic heterocycles. The number of hydrogen-bond acceptors (Lipinski definition) is 2. The summed E-state index contributed by atoms with van der Waals surface area (Å²) in [5.41, 5.74) is 3.55. The molecule has 4 aliphatic rings. The summed E-state index contributed by atoms with van der Waals surface area (Å²) in [7, 11) is 0. The summed E-state index contributed by atoms with van der Waals surface area (Å²) in [6.45, 7) is 19.1. The lowest BCUT2D eigenvalue weighted by molar-refractivity contribution is -0.0928. The van der Waals surface area contributed by atoms with Crippen LogP contribution in [0.25, 0.3) is 0 Å². The average Bonchev–Trinajstić information content (AvgIpc) is 2.92. The molecule has 0 radical (unpaired) electrons. The van der Waals surface area contributed by atoms with Crippen LogP contribution in [0.2, 0.25) is 0 Å². The third-order valence-corrected chi connectivity index (χ3v) is 13.8. The fraction of sp³-hybridized carbons (Fsp3) is 0.931. The van der Waals surface area contributed by atoms with Crippen LogP contribution in [0.4, 0.5) is 0 Å². The Bertz CT molecular complexity index is 756. The van der Waals surface area contributed by atoms with E-state index in [0.717, 1.165) is 37.4 Å². The zero-order valence-electron chi connectivity index (χ0n) is 22.2. The number of aliphatic hydroxyl groups is 1. The molecule has 1 heterocycles. The lowest BCUT2D eigenvalue weighted by atomic mass is 9.45. The lowest BCUT2D eigenvalue weighted by Gasteiger charge is -2.60. The quantitative estimate of drug-likeness (QED) is 0.344. The van der Waals surface area contributed by atoms with Crippen LogP contribution in [0.3, 0.4) is 0 Å². The van der Waals surface area contributed by atoms with Gasteiger partial charge in [-0.2, -0.15) is 0 Å². The van der Waals surface area contributed by atoms with E-state index in [1.54, 1.807) is 11.1 Å². The fourth-order valence-electron chi connectivity index (χ4n) is 9.09. The summed E-state index contributed by atoms with van der Waals surface area (Å²) < 4.78 is 13.8. The Morgan fingerprint density at radius 3 is 2.31 bits per heavy atom. The van der Waals surface area contributed by atoms with E-state index >= 15 is 0 Å². The molecule has 4 rings (SSSR count). The SMILES string of the molecule is CC(C)CCC[C@@H](C)[C@H]1C[S+]([O-])[C@@]2(C)C3=C(CC[C@]12C)[C@@]1(C)CC[C@H](O)C(C)(C)C1CC3. The van der Waals surface area contributed by atoms with Gasteiger partial charge in [-0.05, 0) is 90.8 Å². The maximum absolute atomic E-state index is 14.0. The molecule has 1 saturated heterocycles. The fourth-order valence-corrected chi connectivity index (χ4v) is 11.7. The molecule has 1 saturated carbocycles. The Balaban J connectivity index is 1.67. The van der Waals surface area contributed by atoms with Crippen molar-refractivity contribution in [2.45, 2.75) is 124 Å². The second kappa shape index (κ2) is 8.30. The van der Waals surface area contributed by atoms with E-state index < -0.39 is 11.2 Å². The number of aliphatic hydroxyl groups excluding tert-OH is 1. The van der Waals surface area contributed by atoms with Gasteiger partial charge in [0.05, 0.1) is 6.10 Å². The van der Waals surface area contributed by atoms with E-state index in [0.29, 0.717) is 17.8 Å². The van der Waals surface area contributed by atoms with Crippen LogP contribution >= 0.6 is 0 Å². The van der Waals surface area contributed by atoms with E-state index in [9.17, 15) is 9.66 Å². The Morgan fingerprint density at radius 2 is 1.66 bits per heavy atom. The van der Waals surface area contributed by atoms with Crippen molar-refractivity contribution in [1.82, 2.24) is 0 Å². The minimum Gasteiger partial charge on any atom is -0.616 e. The van der Waals surface area contributed by atoms with Gasteiger partial charge < -0.3 is 9.66 Å². The van der Waals surface area contributed by atoms with Gasteiger partial charge in [-0.25, -0.2) is 0 Å². The second-order valence-electron chi connectivity index (χ2n) is 13.7. The highest BCUT2D eigenvalue weighted by molar-refractivity contribution is 7.93. The van der Waals surface area contributed by atoms with Crippen LogP contribution in [0.5, 0.6) is 0 Å². The molecule has 0 amide bonds. The van der Waals surface area contributed by atoms with Gasteiger partial charge >= 0.3 is 0 Å². The lowest BCUT2D eigenvalue weighted by Crippen LogP contribution is -2.58. The molecule has 2 fully saturated rings. The van der Waals surface area contributed by atoms with Crippen LogP contribution in [-0.2, 0) is 11.2 Å². The first-order valence-electron chi connectivity index (χ1n) is 13.6. The monoisotopic (exact) mass is 462 g/mol. The first-order valence-corrected chi connectivity index (χ1v) is 14.9. The third-order valence-electron chi connectivity index (χ3n) is 11.5. The first-order chi connectivity index (χ1) is 14.8. The van der Waals surface area contributed by atoms with Gasteiger partial charge in [-0.1, -0.05) is 73.3 Å². The molecule has 184 valence electrons. The molecule has 8 atom stereocenters. The van der Waals surface area contributed by atoms with Crippen molar-refractivity contribution in [3.05, 3.63) is 11.1 Å². The van der Waals surface area contributed by atoms with Gasteiger partial charge in [-0.15, -0.1) is 0 Å². The molecule has 1 aliphatic heterocycles. The van der Waals surface area contributed by atoms with Crippen molar-refractivity contribution in [3.8, 4) is 0 Å². The molecule has 2 nitrogen and oxygen atoms in total. The van der Waals surface area contributed by atoms with Gasteiger partial charge in [-0.3, -0.25) is 0 Å². The Hall–Kier alpha value is 0.01000. The van der Waals surface area contributed by atoms with Gasteiger partial charge in [0, 0.05) is 11.3 Å². The van der Waals surface area contributed by atoms with Gasteiger partial charge in [0.25, 0.3) is 0 Å². The highest BCUT2D eigenvalue weighted by atomic mass is 32.2. The Morgan fingerprint density at radius 1 is 0.969 bits per heavy atom. The van der Waals surface area contributed by atoms with Crippen LogP contribution in [-0.4, -0.2) is 26.3 Å². The summed E-state index contributed by atoms with van der Waals surface area (Å²) in [4.78, 5) is 0. The molecule has 2 unspecified atom stereocenters. The predicted molar refractivity (Wildman–Crippen MR) is 137 cm³/mol. The van der Waals surface area contributed by atoms with Crippen LogP contribution in [0.15, 0.2) is 11.1 Å². The molecule has 0 spiro atoms. The third kappa shape index (κ3) is 3.41. The maximum Gasteiger partial charge on any atom is 0.149 e. The number of allylic oxidation sites excluding steroid dienone is 1. The maximum atomic E-state index is 14.0. The smallest absolute Gasteiger partial charge is 0.149 e. The molecular weight excluding hydrogens is 412 g/mol. The molecule has 0 aromatic rings. The normalized spacial score (nSPS) is 46.6. The summed E-state index contributed by atoms with van der Waals surface area (Å²) in [6.07, 6.45) is 10.3. The van der Waals surface area contributed by atoms with Gasteiger partial charge in [0.2, 0.25) is 0 Å². The minimum absolute atomic E-state index is 0.0323. The summed E-state index contributed by atoms with van der Waals surface area (Å²) in [6, 6.07) is 0. The van der Waals surface area contributed by atoms with Crippen molar-refractivity contribution in [1.29, 1.82) is 0 Å². The number of hydrogen-bond donors (Lipinski definition) is 1. The summed E-state index contributed by atoms with van der Waals surface area (Å²) in [5, 5.41) is 10.8. The van der Waals surface area contributed by atoms with Gasteiger partial charge in [0.15, 0.2) is 0 Å². The Kier molecular flexibility index (Phi) is 6.51. The Labute approximate surface area is 201 Å². The summed E-state index contributed by atoms with van der Waals surface area (Å²) in [5.74, 6) is 3.44. The predicted octanol–water partition coefficient (Wildman–Crippen LogP) is 7.28. The van der Waals surface area contributed by atoms with Crippen molar-refractivity contribution in [3.63, 3.8) is 0 Å². The van der Waals surface area contributed by atoms with E-state index in [1.807, 2.05) is 0 Å². The topological polar surface area (TPSA) is 43.3 Å². The number of rotatable bonds is 5. The molecular formula is C29H50O2S. The van der Waals surface area contributed by atoms with Crippen LogP contribution in [0.1, 0.15) is 113 Å². The summed E-state index contributed by atoms with van der Waals surface area (Å²) >= 11 is -0.791. The standard InChI is InChI=1S/C29H50O2S/c1-19(2)10-9-11-20(3)23-18-32(31)29(8)22-12-13-24-26(4,5)25(30)15-16-27(24,6)21(22)14-17-28(23,29)7/h19-20,23-25,30H,9-18H2,1-8H3/t20-,23-,24?,25+,27-,28-,29+,32?/m1/s1. The van der Waals surface area contributed by atoms with E-state index in [1.165, 1.54) is 32.1 Å². The van der Waals surface area contributed by atoms with Crippen molar-refractivity contribution < 1.29 is 9.66 Å². The molecule has 3 heteroatoms. The van der Waals surface area contributed by atoms with Crippen LogP contribution in [0, 0.1) is 39.9 Å². The highest BCUT2D eigenvalue weighted by Crippen LogP contribution is 2.69. The zero-order valence-corrected chi connectivity index (χ0v) is 23.0. The van der Waals surface area contributed by atoms with Crippen molar-refractivity contribution in [2.24, 2.45) is 39.9 Å². The first kappa shape index (κ1) is 25.1. The highest BCUT2D eigenvalue weighted by Gasteiger charge is 2.70. The van der Waals surface area contributed by atoms with Gasteiger partial charge in [0.1, 0.15) is 10.5 Å². The second-order valence-corrected chi connectivity index (χ2v) is 15.6. The van der Waals surface area contributed by atoms with E-state index in [-0.39, 0.29) is 27.1 Å². The minimum atomic E-state index is -0.791. The average molecular weight is 463 g/mol. The molecule has 1 N–H and O–H groups in total. The number of fused-ring (bicyclic) bond motifs is 4. The molecule has 32 heavy (non-hydrogen) atoms. The van der Waals surface area contributed by atoms with Crippen molar-refractivity contribution in [2.75, 3.05) is 5.75 Å². The van der Waals surface area contributed by atoms with E-state index in [2.05, 4.69) is 55.4 Å². The molecule has 0 aromatic carbocycles. The zero-order chi connectivity index (χ0) is 23.7. The van der Waals surface area contributed by atoms with E-state index in [4.69, 9.17) is 0 Å². The largest absolute Gasteiger partial charge is 0.616 e. The molecule has 3 aliphatic carbocycles. The molecule has 0 bridgehead atoms.